The summed E-state index contributed by atoms with van der Waals surface area (Å²) in [5.74, 6) is 6.39. The summed E-state index contributed by atoms with van der Waals surface area (Å²) in [6.07, 6.45) is 4.76. The van der Waals surface area contributed by atoms with Crippen molar-refractivity contribution in [3.05, 3.63) is 56.8 Å². The second-order valence-electron chi connectivity index (χ2n) is 6.27. The van der Waals surface area contributed by atoms with Crippen molar-refractivity contribution in [2.75, 3.05) is 0 Å². The van der Waals surface area contributed by atoms with Gasteiger partial charge in [-0.15, -0.1) is 11.3 Å². The third-order valence-corrected chi connectivity index (χ3v) is 5.75. The van der Waals surface area contributed by atoms with Crippen LogP contribution in [0.1, 0.15) is 58.7 Å². The van der Waals surface area contributed by atoms with Crippen LogP contribution in [-0.2, 0) is 19.3 Å². The number of hydrazine groups is 1. The molecule has 1 unspecified atom stereocenters. The first-order chi connectivity index (χ1) is 10.2. The number of hydrogen-bond acceptors (Lipinski definition) is 3. The molecule has 0 radical (unpaired) electrons. The molecule has 1 aliphatic carbocycles. The Morgan fingerprint density at radius 2 is 1.95 bits per heavy atom. The number of rotatable bonds is 5. The van der Waals surface area contributed by atoms with Crippen molar-refractivity contribution in [3.8, 4) is 0 Å². The van der Waals surface area contributed by atoms with Crippen molar-refractivity contribution in [2.24, 2.45) is 5.84 Å². The molecule has 3 heteroatoms. The van der Waals surface area contributed by atoms with E-state index < -0.39 is 0 Å². The Morgan fingerprint density at radius 1 is 1.19 bits per heavy atom. The normalized spacial score (nSPS) is 15.4. The molecule has 1 aromatic carbocycles. The summed E-state index contributed by atoms with van der Waals surface area (Å²) in [6, 6.07) is 11.5. The Balaban J connectivity index is 1.74. The minimum Gasteiger partial charge on any atom is -0.271 e. The quantitative estimate of drug-likeness (QED) is 0.644. The Morgan fingerprint density at radius 3 is 2.57 bits per heavy atom. The second kappa shape index (κ2) is 6.30. The first-order valence-electron chi connectivity index (χ1n) is 7.84. The van der Waals surface area contributed by atoms with E-state index in [4.69, 9.17) is 5.84 Å². The van der Waals surface area contributed by atoms with Gasteiger partial charge in [-0.1, -0.05) is 38.1 Å². The van der Waals surface area contributed by atoms with Gasteiger partial charge in [-0.3, -0.25) is 11.3 Å². The molecule has 2 aromatic rings. The lowest BCUT2D eigenvalue weighted by atomic mass is 9.98. The van der Waals surface area contributed by atoms with Crippen molar-refractivity contribution in [3.63, 3.8) is 0 Å². The van der Waals surface area contributed by atoms with Crippen molar-refractivity contribution >= 4 is 11.3 Å². The fourth-order valence-corrected chi connectivity index (χ4v) is 4.36. The van der Waals surface area contributed by atoms with E-state index in [-0.39, 0.29) is 6.04 Å². The average Bonchev–Trinajstić information content (AvgIpc) is 3.06. The van der Waals surface area contributed by atoms with Gasteiger partial charge in [-0.2, -0.15) is 0 Å². The van der Waals surface area contributed by atoms with Crippen LogP contribution in [0.3, 0.4) is 0 Å². The van der Waals surface area contributed by atoms with Crippen LogP contribution in [0.25, 0.3) is 0 Å². The number of benzene rings is 1. The summed E-state index contributed by atoms with van der Waals surface area (Å²) in [5.41, 5.74) is 7.29. The summed E-state index contributed by atoms with van der Waals surface area (Å²) in [7, 11) is 0. The Labute approximate surface area is 131 Å². The molecule has 112 valence electrons. The monoisotopic (exact) mass is 300 g/mol. The van der Waals surface area contributed by atoms with Gasteiger partial charge in [0, 0.05) is 9.75 Å². The molecule has 0 saturated heterocycles. The number of aryl methyl sites for hydroxylation is 2. The van der Waals surface area contributed by atoms with Crippen LogP contribution < -0.4 is 11.3 Å². The molecule has 0 saturated carbocycles. The van der Waals surface area contributed by atoms with Crippen LogP contribution in [0, 0.1) is 0 Å². The summed E-state index contributed by atoms with van der Waals surface area (Å²) in [6.45, 7) is 4.46. The van der Waals surface area contributed by atoms with Crippen molar-refractivity contribution in [1.29, 1.82) is 0 Å². The summed E-state index contributed by atoms with van der Waals surface area (Å²) < 4.78 is 0. The van der Waals surface area contributed by atoms with Crippen molar-refractivity contribution in [1.82, 2.24) is 5.43 Å². The van der Waals surface area contributed by atoms with Crippen LogP contribution in [-0.4, -0.2) is 0 Å². The van der Waals surface area contributed by atoms with E-state index in [0.717, 1.165) is 6.42 Å². The average molecular weight is 300 g/mol. The maximum absolute atomic E-state index is 5.81. The lowest BCUT2D eigenvalue weighted by Gasteiger charge is -2.15. The summed E-state index contributed by atoms with van der Waals surface area (Å²) in [4.78, 5) is 2.95. The second-order valence-corrected chi connectivity index (χ2v) is 7.44. The minimum atomic E-state index is 0.227. The highest BCUT2D eigenvalue weighted by Crippen LogP contribution is 2.34. The van der Waals surface area contributed by atoms with Crippen LogP contribution in [0.2, 0.25) is 0 Å². The molecule has 3 N–H and O–H groups in total. The van der Waals surface area contributed by atoms with Crippen LogP contribution >= 0.6 is 11.3 Å². The van der Waals surface area contributed by atoms with E-state index >= 15 is 0 Å². The van der Waals surface area contributed by atoms with Gasteiger partial charge in [-0.25, -0.2) is 0 Å². The van der Waals surface area contributed by atoms with E-state index in [0.29, 0.717) is 5.92 Å². The van der Waals surface area contributed by atoms with E-state index in [1.54, 1.807) is 10.4 Å². The third kappa shape index (κ3) is 3.20. The largest absolute Gasteiger partial charge is 0.271 e. The number of fused-ring (bicyclic) bond motifs is 1. The molecule has 0 bridgehead atoms. The van der Waals surface area contributed by atoms with Crippen molar-refractivity contribution < 1.29 is 0 Å². The van der Waals surface area contributed by atoms with Crippen molar-refractivity contribution in [2.45, 2.75) is 51.5 Å². The highest BCUT2D eigenvalue weighted by atomic mass is 32.1. The zero-order valence-corrected chi connectivity index (χ0v) is 13.7. The standard InChI is InChI=1S/C18H24N2S/c1-12(2)14-8-6-13(7-9-14)10-16(20-19)18-11-15-4-3-5-17(15)21-18/h6-9,11-12,16,20H,3-5,10,19H2,1-2H3. The fraction of sp³-hybridized carbons (Fsp3) is 0.444. The SMILES string of the molecule is CC(C)c1ccc(CC(NN)c2cc3c(s2)CCC3)cc1. The Kier molecular flexibility index (Phi) is 4.43. The maximum atomic E-state index is 5.81. The molecule has 0 aliphatic heterocycles. The predicted molar refractivity (Wildman–Crippen MR) is 90.6 cm³/mol. The van der Waals surface area contributed by atoms with Gasteiger partial charge in [0.2, 0.25) is 0 Å². The molecule has 0 amide bonds. The van der Waals surface area contributed by atoms with Crippen LogP contribution in [0.15, 0.2) is 30.3 Å². The smallest absolute Gasteiger partial charge is 0.0593 e. The molecule has 1 atom stereocenters. The Hall–Kier alpha value is -1.16. The number of hydrogen-bond donors (Lipinski definition) is 2. The summed E-state index contributed by atoms with van der Waals surface area (Å²) >= 11 is 1.94. The zero-order valence-electron chi connectivity index (χ0n) is 12.9. The molecular formula is C18H24N2S. The van der Waals surface area contributed by atoms with Gasteiger partial charge in [-0.05, 0) is 54.4 Å². The van der Waals surface area contributed by atoms with Gasteiger partial charge < -0.3 is 0 Å². The lowest BCUT2D eigenvalue weighted by molar-refractivity contribution is 0.560. The lowest BCUT2D eigenvalue weighted by Crippen LogP contribution is -2.29. The predicted octanol–water partition coefficient (Wildman–Crippen LogP) is 4.11. The highest BCUT2D eigenvalue weighted by Gasteiger charge is 2.19. The molecule has 2 nitrogen and oxygen atoms in total. The number of nitrogens with one attached hydrogen (secondary N) is 1. The van der Waals surface area contributed by atoms with E-state index in [2.05, 4.69) is 49.6 Å². The first-order valence-corrected chi connectivity index (χ1v) is 8.65. The fourth-order valence-electron chi connectivity index (χ4n) is 3.04. The summed E-state index contributed by atoms with van der Waals surface area (Å²) in [5, 5.41) is 0. The van der Waals surface area contributed by atoms with Gasteiger partial charge in [0.1, 0.15) is 0 Å². The van der Waals surface area contributed by atoms with E-state index in [1.807, 2.05) is 11.3 Å². The Bertz CT molecular complexity index is 577. The topological polar surface area (TPSA) is 38.0 Å². The number of thiophene rings is 1. The van der Waals surface area contributed by atoms with Crippen LogP contribution in [0.5, 0.6) is 0 Å². The molecule has 0 fully saturated rings. The van der Waals surface area contributed by atoms with Crippen LogP contribution in [0.4, 0.5) is 0 Å². The van der Waals surface area contributed by atoms with Gasteiger partial charge in [0.15, 0.2) is 0 Å². The van der Waals surface area contributed by atoms with E-state index in [9.17, 15) is 0 Å². The molecule has 1 aliphatic rings. The molecule has 0 spiro atoms. The minimum absolute atomic E-state index is 0.227. The third-order valence-electron chi connectivity index (χ3n) is 4.40. The maximum Gasteiger partial charge on any atom is 0.0593 e. The molecule has 21 heavy (non-hydrogen) atoms. The van der Waals surface area contributed by atoms with Gasteiger partial charge in [0.05, 0.1) is 6.04 Å². The number of nitrogens with two attached hydrogens (primary N) is 1. The molecule has 1 aromatic heterocycles. The first kappa shape index (κ1) is 14.8. The molecule has 3 rings (SSSR count). The zero-order chi connectivity index (χ0) is 14.8. The highest BCUT2D eigenvalue weighted by molar-refractivity contribution is 7.12. The molecule has 1 heterocycles. The molecular weight excluding hydrogens is 276 g/mol. The van der Waals surface area contributed by atoms with Gasteiger partial charge >= 0.3 is 0 Å². The van der Waals surface area contributed by atoms with E-state index in [1.165, 1.54) is 35.3 Å². The van der Waals surface area contributed by atoms with Gasteiger partial charge in [0.25, 0.3) is 0 Å².